The molecule has 2 rings (SSSR count). The first-order valence-corrected chi connectivity index (χ1v) is 7.28. The molecule has 0 heterocycles. The van der Waals surface area contributed by atoms with E-state index in [4.69, 9.17) is 4.74 Å². The first-order valence-electron chi connectivity index (χ1n) is 6.39. The van der Waals surface area contributed by atoms with Gasteiger partial charge in [-0.1, -0.05) is 36.4 Å². The quantitative estimate of drug-likeness (QED) is 0.602. The van der Waals surface area contributed by atoms with Crippen molar-refractivity contribution in [2.45, 2.75) is 22.6 Å². The molecule has 0 atom stereocenters. The highest BCUT2D eigenvalue weighted by Gasteiger charge is 2.00. The van der Waals surface area contributed by atoms with E-state index in [-0.39, 0.29) is 0 Å². The van der Waals surface area contributed by atoms with Gasteiger partial charge in [-0.2, -0.15) is 0 Å². The minimum Gasteiger partial charge on any atom is -0.381 e. The van der Waals surface area contributed by atoms with Gasteiger partial charge in [0.05, 0.1) is 13.2 Å². The summed E-state index contributed by atoms with van der Waals surface area (Å²) < 4.78 is 5.68. The zero-order valence-corrected chi connectivity index (χ0v) is 12.5. The van der Waals surface area contributed by atoms with Gasteiger partial charge >= 0.3 is 0 Å². The van der Waals surface area contributed by atoms with Gasteiger partial charge in [0, 0.05) is 9.79 Å². The molecule has 0 saturated heterocycles. The summed E-state index contributed by atoms with van der Waals surface area (Å²) in [5.74, 6) is 0. The third-order valence-corrected chi connectivity index (χ3v) is 3.89. The van der Waals surface area contributed by atoms with Gasteiger partial charge in [0.1, 0.15) is 0 Å². The summed E-state index contributed by atoms with van der Waals surface area (Å²) in [6.45, 7) is 1.46. The zero-order chi connectivity index (χ0) is 13.5. The second kappa shape index (κ2) is 7.63. The fourth-order valence-electron chi connectivity index (χ4n) is 1.91. The van der Waals surface area contributed by atoms with Crippen LogP contribution in [-0.4, -0.2) is 13.2 Å². The lowest BCUT2D eigenvalue weighted by molar-refractivity contribution is 0.139. The summed E-state index contributed by atoms with van der Waals surface area (Å²) in [6.07, 6.45) is 1.81. The summed E-state index contributed by atoms with van der Waals surface area (Å²) in [5.41, 5.74) is 2.47. The van der Waals surface area contributed by atoms with Crippen molar-refractivity contribution in [1.29, 1.82) is 0 Å². The Bertz CT molecular complexity index is 478. The van der Waals surface area contributed by atoms with Gasteiger partial charge in [-0.3, -0.25) is 0 Å². The van der Waals surface area contributed by atoms with Crippen molar-refractivity contribution in [3.63, 3.8) is 0 Å². The van der Waals surface area contributed by atoms with Crippen LogP contribution in [-0.2, 0) is 17.6 Å². The molecule has 0 N–H and O–H groups in total. The predicted molar refractivity (Wildman–Crippen MR) is 85.6 cm³/mol. The van der Waals surface area contributed by atoms with E-state index in [0.29, 0.717) is 0 Å². The number of benzene rings is 2. The van der Waals surface area contributed by atoms with E-state index in [0.717, 1.165) is 35.8 Å². The maximum atomic E-state index is 5.68. The molecule has 100 valence electrons. The van der Waals surface area contributed by atoms with Crippen LogP contribution < -0.4 is 0 Å². The average Bonchev–Trinajstić information content (AvgIpc) is 2.42. The number of hydrogen-bond acceptors (Lipinski definition) is 3. The van der Waals surface area contributed by atoms with Crippen LogP contribution in [0.2, 0.25) is 0 Å². The van der Waals surface area contributed by atoms with Crippen LogP contribution in [0.3, 0.4) is 0 Å². The molecule has 2 aromatic rings. The first kappa shape index (κ1) is 14.5. The highest BCUT2D eigenvalue weighted by Crippen LogP contribution is 2.15. The van der Waals surface area contributed by atoms with Crippen molar-refractivity contribution in [1.82, 2.24) is 0 Å². The lowest BCUT2D eigenvalue weighted by atomic mass is 10.1. The Balaban J connectivity index is 1.71. The highest BCUT2D eigenvalue weighted by atomic mass is 32.1. The molecule has 0 unspecified atom stereocenters. The van der Waals surface area contributed by atoms with E-state index in [1.807, 2.05) is 36.4 Å². The number of hydrogen-bond donors (Lipinski definition) is 2. The lowest BCUT2D eigenvalue weighted by Crippen LogP contribution is -2.03. The Morgan fingerprint density at radius 2 is 1.11 bits per heavy atom. The third kappa shape index (κ3) is 4.60. The fraction of sp³-hybridized carbons (Fsp3) is 0.250. The number of ether oxygens (including phenoxy) is 1. The van der Waals surface area contributed by atoms with E-state index in [1.54, 1.807) is 0 Å². The van der Waals surface area contributed by atoms with Gasteiger partial charge in [-0.05, 0) is 36.1 Å². The minimum atomic E-state index is 0.728. The molecule has 19 heavy (non-hydrogen) atoms. The molecule has 0 saturated carbocycles. The molecular weight excluding hydrogens is 272 g/mol. The monoisotopic (exact) mass is 290 g/mol. The Morgan fingerprint density at radius 3 is 1.53 bits per heavy atom. The van der Waals surface area contributed by atoms with E-state index >= 15 is 0 Å². The van der Waals surface area contributed by atoms with E-state index in [9.17, 15) is 0 Å². The zero-order valence-electron chi connectivity index (χ0n) is 10.7. The van der Waals surface area contributed by atoms with Crippen LogP contribution in [0.4, 0.5) is 0 Å². The van der Waals surface area contributed by atoms with E-state index in [2.05, 4.69) is 37.4 Å². The SMILES string of the molecule is Sc1ccccc1CCOCCc1ccccc1S. The van der Waals surface area contributed by atoms with Gasteiger partial charge in [0.2, 0.25) is 0 Å². The first-order chi connectivity index (χ1) is 9.27. The molecule has 0 bridgehead atoms. The highest BCUT2D eigenvalue weighted by molar-refractivity contribution is 7.80. The molecule has 0 radical (unpaired) electrons. The van der Waals surface area contributed by atoms with Crippen molar-refractivity contribution in [2.24, 2.45) is 0 Å². The molecule has 0 aromatic heterocycles. The molecule has 0 fully saturated rings. The topological polar surface area (TPSA) is 9.23 Å². The van der Waals surface area contributed by atoms with Gasteiger partial charge in [-0.25, -0.2) is 0 Å². The molecule has 0 aliphatic rings. The summed E-state index contributed by atoms with van der Waals surface area (Å²) in [4.78, 5) is 2.07. The van der Waals surface area contributed by atoms with Crippen LogP contribution in [0.5, 0.6) is 0 Å². The van der Waals surface area contributed by atoms with Gasteiger partial charge in [0.15, 0.2) is 0 Å². The average molecular weight is 290 g/mol. The third-order valence-electron chi connectivity index (χ3n) is 3.01. The number of thiol groups is 2. The summed E-state index contributed by atoms with van der Waals surface area (Å²) in [7, 11) is 0. The van der Waals surface area contributed by atoms with Crippen molar-refractivity contribution in [3.8, 4) is 0 Å². The maximum absolute atomic E-state index is 5.68. The Hall–Kier alpha value is -0.900. The number of rotatable bonds is 6. The van der Waals surface area contributed by atoms with E-state index in [1.165, 1.54) is 11.1 Å². The molecular formula is C16H18OS2. The van der Waals surface area contributed by atoms with Gasteiger partial charge in [-0.15, -0.1) is 25.3 Å². The Morgan fingerprint density at radius 1 is 0.684 bits per heavy atom. The molecule has 2 aromatic carbocycles. The maximum Gasteiger partial charge on any atom is 0.0507 e. The van der Waals surface area contributed by atoms with Crippen LogP contribution in [0.15, 0.2) is 58.3 Å². The van der Waals surface area contributed by atoms with Crippen LogP contribution in [0.25, 0.3) is 0 Å². The normalized spacial score (nSPS) is 10.6. The summed E-state index contributed by atoms with van der Waals surface area (Å²) in [5, 5.41) is 0. The summed E-state index contributed by atoms with van der Waals surface area (Å²) in [6, 6.07) is 16.3. The Labute approximate surface area is 125 Å². The smallest absolute Gasteiger partial charge is 0.0507 e. The molecule has 1 nitrogen and oxygen atoms in total. The van der Waals surface area contributed by atoms with Crippen molar-refractivity contribution in [3.05, 3.63) is 59.7 Å². The van der Waals surface area contributed by atoms with Crippen molar-refractivity contribution in [2.75, 3.05) is 13.2 Å². The second-order valence-electron chi connectivity index (χ2n) is 4.37. The van der Waals surface area contributed by atoms with Gasteiger partial charge in [0.25, 0.3) is 0 Å². The fourth-order valence-corrected chi connectivity index (χ4v) is 2.46. The van der Waals surface area contributed by atoms with Gasteiger partial charge < -0.3 is 4.74 Å². The van der Waals surface area contributed by atoms with Crippen LogP contribution in [0.1, 0.15) is 11.1 Å². The largest absolute Gasteiger partial charge is 0.381 e. The molecule has 3 heteroatoms. The van der Waals surface area contributed by atoms with E-state index < -0.39 is 0 Å². The minimum absolute atomic E-state index is 0.728. The summed E-state index contributed by atoms with van der Waals surface area (Å²) >= 11 is 8.86. The lowest BCUT2D eigenvalue weighted by Gasteiger charge is -2.07. The second-order valence-corrected chi connectivity index (χ2v) is 5.33. The molecule has 0 aliphatic heterocycles. The Kier molecular flexibility index (Phi) is 5.83. The van der Waals surface area contributed by atoms with Crippen molar-refractivity contribution < 1.29 is 4.74 Å². The van der Waals surface area contributed by atoms with Crippen LogP contribution >= 0.6 is 25.3 Å². The molecule has 0 amide bonds. The standard InChI is InChI=1S/C16H18OS2/c18-15-7-3-1-5-13(15)9-11-17-12-10-14-6-2-4-8-16(14)19/h1-8,18-19H,9-12H2. The predicted octanol–water partition coefficient (Wildman–Crippen LogP) is 4.07. The van der Waals surface area contributed by atoms with Crippen molar-refractivity contribution >= 4 is 25.3 Å². The molecule has 0 aliphatic carbocycles. The van der Waals surface area contributed by atoms with Crippen LogP contribution in [0, 0.1) is 0 Å². The molecule has 0 spiro atoms.